The van der Waals surface area contributed by atoms with Crippen LogP contribution < -0.4 is 5.32 Å². The zero-order chi connectivity index (χ0) is 27.4. The van der Waals surface area contributed by atoms with Crippen LogP contribution in [0.2, 0.25) is 0 Å². The third kappa shape index (κ3) is 3.43. The second-order valence-electron chi connectivity index (χ2n) is 15.7. The Morgan fingerprint density at radius 1 is 0.919 bits per heavy atom. The average Bonchev–Trinajstić information content (AvgIpc) is 2.78. The summed E-state index contributed by atoms with van der Waals surface area (Å²) in [5.74, 6) is 0.0963. The Hall–Kier alpha value is -1.65. The number of carbonyl (C=O) groups is 3. The lowest BCUT2D eigenvalue weighted by Gasteiger charge is -2.70. The maximum Gasteiger partial charge on any atom is 0.309 e. The average molecular weight is 512 g/mol. The fourth-order valence-corrected chi connectivity index (χ4v) is 10.9. The van der Waals surface area contributed by atoms with Gasteiger partial charge < -0.3 is 10.4 Å². The molecule has 0 bridgehead atoms. The van der Waals surface area contributed by atoms with Crippen molar-refractivity contribution in [1.29, 1.82) is 0 Å². The fourth-order valence-electron chi connectivity index (χ4n) is 10.9. The van der Waals surface area contributed by atoms with Crippen molar-refractivity contribution in [1.82, 2.24) is 5.32 Å². The third-order valence-electron chi connectivity index (χ3n) is 13.5. The molecular weight excluding hydrogens is 462 g/mol. The first-order chi connectivity index (χ1) is 16.9. The topological polar surface area (TPSA) is 83.5 Å². The van der Waals surface area contributed by atoms with Gasteiger partial charge in [0, 0.05) is 18.9 Å². The smallest absolute Gasteiger partial charge is 0.309 e. The van der Waals surface area contributed by atoms with E-state index in [0.717, 1.165) is 51.4 Å². The van der Waals surface area contributed by atoms with E-state index in [1.807, 2.05) is 13.0 Å². The number of ketones is 1. The summed E-state index contributed by atoms with van der Waals surface area (Å²) < 4.78 is 0. The minimum atomic E-state index is -0.722. The summed E-state index contributed by atoms with van der Waals surface area (Å²) in [5.41, 5.74) is 0.182. The Morgan fingerprint density at radius 3 is 2.19 bits per heavy atom. The van der Waals surface area contributed by atoms with E-state index in [1.165, 1.54) is 5.57 Å². The van der Waals surface area contributed by atoms with Gasteiger partial charge in [0.2, 0.25) is 5.91 Å². The van der Waals surface area contributed by atoms with Gasteiger partial charge in [0.25, 0.3) is 0 Å². The summed E-state index contributed by atoms with van der Waals surface area (Å²) in [6.07, 6.45) is 10.4. The first-order valence-electron chi connectivity index (χ1n) is 14.7. The zero-order valence-corrected chi connectivity index (χ0v) is 24.4. The first kappa shape index (κ1) is 26.9. The Bertz CT molecular complexity index is 1080. The quantitative estimate of drug-likeness (QED) is 0.440. The van der Waals surface area contributed by atoms with E-state index < -0.39 is 11.4 Å². The summed E-state index contributed by atoms with van der Waals surface area (Å²) in [5, 5.41) is 13.3. The molecule has 1 amide bonds. The molecule has 0 unspecified atom stereocenters. The standard InChI is InChI=1S/C32H49NO4/c1-19(34)33-24-10-11-30(6)23(27(24,2)3)9-12-32(8)25(30)22(35)17-20-21-18-29(5,26(36)37)14-13-28(21,4)15-16-31(20,32)7/h17,21,23-25H,9-16,18H2,1-8H3,(H,33,34)(H,36,37)/t21-,23-,24+,25+,28+,29-,30-,31+,32+/m0/s1. The number of rotatable bonds is 2. The first-order valence-corrected chi connectivity index (χ1v) is 14.7. The molecule has 4 saturated carbocycles. The molecule has 4 fully saturated rings. The summed E-state index contributed by atoms with van der Waals surface area (Å²) in [6.45, 7) is 17.7. The molecule has 0 heterocycles. The Kier molecular flexibility index (Phi) is 5.78. The number of allylic oxidation sites excluding steroid dienone is 2. The minimum Gasteiger partial charge on any atom is -0.481 e. The SMILES string of the molecule is CC(=O)N[C@@H]1CC[C@]2(C)[C@H]3C(=O)C=C4[C@@H]5C[C@@](C)(C(=O)O)CC[C@]5(C)CC[C@@]4(C)[C@]3(C)CC[C@H]2C1(C)C. The molecule has 5 aliphatic carbocycles. The maximum atomic E-state index is 14.4. The number of hydrogen-bond acceptors (Lipinski definition) is 3. The molecule has 206 valence electrons. The van der Waals surface area contributed by atoms with Gasteiger partial charge in [0.15, 0.2) is 5.78 Å². The molecule has 2 N–H and O–H groups in total. The van der Waals surface area contributed by atoms with E-state index >= 15 is 0 Å². The van der Waals surface area contributed by atoms with Crippen molar-refractivity contribution in [3.8, 4) is 0 Å². The van der Waals surface area contributed by atoms with Crippen molar-refractivity contribution >= 4 is 17.7 Å². The maximum absolute atomic E-state index is 14.4. The highest BCUT2D eigenvalue weighted by Crippen LogP contribution is 2.75. The van der Waals surface area contributed by atoms with Crippen LogP contribution in [-0.2, 0) is 14.4 Å². The number of aliphatic carboxylic acids is 1. The number of carbonyl (C=O) groups excluding carboxylic acids is 2. The highest BCUT2D eigenvalue weighted by molar-refractivity contribution is 5.95. The van der Waals surface area contributed by atoms with E-state index in [0.29, 0.717) is 12.3 Å². The van der Waals surface area contributed by atoms with Gasteiger partial charge in [0.1, 0.15) is 0 Å². The number of fused-ring (bicyclic) bond motifs is 7. The zero-order valence-electron chi connectivity index (χ0n) is 24.4. The molecule has 9 atom stereocenters. The number of hydrogen-bond donors (Lipinski definition) is 2. The van der Waals surface area contributed by atoms with Crippen LogP contribution >= 0.6 is 0 Å². The van der Waals surface area contributed by atoms with Gasteiger partial charge in [-0.2, -0.15) is 0 Å². The molecule has 0 spiro atoms. The predicted octanol–water partition coefficient (Wildman–Crippen LogP) is 6.56. The van der Waals surface area contributed by atoms with Crippen molar-refractivity contribution in [3.05, 3.63) is 11.6 Å². The predicted molar refractivity (Wildman–Crippen MR) is 145 cm³/mol. The highest BCUT2D eigenvalue weighted by atomic mass is 16.4. The lowest BCUT2D eigenvalue weighted by Crippen LogP contribution is -2.67. The number of nitrogens with one attached hydrogen (secondary N) is 1. The van der Waals surface area contributed by atoms with Gasteiger partial charge in [-0.3, -0.25) is 14.4 Å². The fraction of sp³-hybridized carbons (Fsp3) is 0.844. The molecule has 0 aliphatic heterocycles. The van der Waals surface area contributed by atoms with Crippen LogP contribution in [-0.4, -0.2) is 28.8 Å². The van der Waals surface area contributed by atoms with Crippen LogP contribution in [0.1, 0.15) is 113 Å². The lowest BCUT2D eigenvalue weighted by atomic mass is 9.33. The summed E-state index contributed by atoms with van der Waals surface area (Å²) in [4.78, 5) is 38.7. The molecule has 5 nitrogen and oxygen atoms in total. The highest BCUT2D eigenvalue weighted by Gasteiger charge is 2.70. The molecule has 5 heteroatoms. The summed E-state index contributed by atoms with van der Waals surface area (Å²) >= 11 is 0. The number of carboxylic acid groups (broad SMARTS) is 1. The van der Waals surface area contributed by atoms with Crippen LogP contribution in [0.4, 0.5) is 0 Å². The molecule has 5 rings (SSSR count). The van der Waals surface area contributed by atoms with Gasteiger partial charge in [-0.15, -0.1) is 0 Å². The van der Waals surface area contributed by atoms with E-state index in [-0.39, 0.29) is 56.6 Å². The molecule has 0 saturated heterocycles. The molecular formula is C32H49NO4. The normalized spacial score (nSPS) is 50.5. The van der Waals surface area contributed by atoms with Crippen LogP contribution in [0.3, 0.4) is 0 Å². The number of amides is 1. The van der Waals surface area contributed by atoms with Crippen LogP contribution in [0.25, 0.3) is 0 Å². The van der Waals surface area contributed by atoms with Crippen molar-refractivity contribution in [2.24, 2.45) is 50.2 Å². The Labute approximate surface area is 223 Å². The van der Waals surface area contributed by atoms with Crippen LogP contribution in [0, 0.1) is 50.2 Å². The summed E-state index contributed by atoms with van der Waals surface area (Å²) in [6, 6.07) is 0.138. The van der Waals surface area contributed by atoms with Crippen molar-refractivity contribution in [2.75, 3.05) is 0 Å². The second kappa shape index (κ2) is 7.94. The van der Waals surface area contributed by atoms with Crippen molar-refractivity contribution in [3.63, 3.8) is 0 Å². The monoisotopic (exact) mass is 511 g/mol. The van der Waals surface area contributed by atoms with Gasteiger partial charge in [0.05, 0.1) is 5.41 Å². The van der Waals surface area contributed by atoms with Gasteiger partial charge >= 0.3 is 5.97 Å². The van der Waals surface area contributed by atoms with E-state index in [1.54, 1.807) is 6.92 Å². The summed E-state index contributed by atoms with van der Waals surface area (Å²) in [7, 11) is 0. The van der Waals surface area contributed by atoms with E-state index in [4.69, 9.17) is 0 Å². The van der Waals surface area contributed by atoms with Crippen LogP contribution in [0.5, 0.6) is 0 Å². The Morgan fingerprint density at radius 2 is 1.57 bits per heavy atom. The van der Waals surface area contributed by atoms with Gasteiger partial charge in [-0.05, 0) is 110 Å². The molecule has 0 radical (unpaired) electrons. The van der Waals surface area contributed by atoms with E-state index in [9.17, 15) is 19.5 Å². The van der Waals surface area contributed by atoms with E-state index in [2.05, 4.69) is 46.9 Å². The minimum absolute atomic E-state index is 0.0299. The molecule has 0 aromatic heterocycles. The lowest BCUT2D eigenvalue weighted by molar-refractivity contribution is -0.190. The second-order valence-corrected chi connectivity index (χ2v) is 15.7. The van der Waals surface area contributed by atoms with Crippen molar-refractivity contribution < 1.29 is 19.5 Å². The van der Waals surface area contributed by atoms with Crippen LogP contribution in [0.15, 0.2) is 11.6 Å². The molecule has 0 aromatic rings. The molecule has 5 aliphatic rings. The van der Waals surface area contributed by atoms with Gasteiger partial charge in [-0.1, -0.05) is 47.1 Å². The third-order valence-corrected chi connectivity index (χ3v) is 13.5. The number of carboxylic acids is 1. The molecule has 37 heavy (non-hydrogen) atoms. The van der Waals surface area contributed by atoms with Gasteiger partial charge in [-0.25, -0.2) is 0 Å². The van der Waals surface area contributed by atoms with Crippen molar-refractivity contribution in [2.45, 2.75) is 119 Å². The molecule has 0 aromatic carbocycles. The largest absolute Gasteiger partial charge is 0.481 e. The Balaban J connectivity index is 1.58.